The van der Waals surface area contributed by atoms with Gasteiger partial charge >= 0.3 is 0 Å². The molecule has 2 atom stereocenters. The lowest BCUT2D eigenvalue weighted by Gasteiger charge is -2.25. The summed E-state index contributed by atoms with van der Waals surface area (Å²) >= 11 is 0. The third-order valence-electron chi connectivity index (χ3n) is 4.96. The van der Waals surface area contributed by atoms with Crippen molar-refractivity contribution in [3.05, 3.63) is 71.8 Å². The molecule has 2 aromatic rings. The normalized spacial score (nSPS) is 17.5. The van der Waals surface area contributed by atoms with Crippen LogP contribution in [-0.2, 0) is 22.6 Å². The minimum atomic E-state index is -0.384. The highest BCUT2D eigenvalue weighted by Crippen LogP contribution is 2.19. The van der Waals surface area contributed by atoms with Gasteiger partial charge in [-0.05, 0) is 30.4 Å². The van der Waals surface area contributed by atoms with Crippen LogP contribution in [0.15, 0.2) is 60.7 Å². The molecule has 0 aliphatic carbocycles. The Kier molecular flexibility index (Phi) is 6.60. The van der Waals surface area contributed by atoms with Crippen molar-refractivity contribution in [1.29, 1.82) is 0 Å². The van der Waals surface area contributed by atoms with E-state index >= 15 is 0 Å². The van der Waals surface area contributed by atoms with Crippen LogP contribution in [0.4, 0.5) is 0 Å². The second-order valence-electron chi connectivity index (χ2n) is 7.10. The van der Waals surface area contributed by atoms with Gasteiger partial charge in [-0.3, -0.25) is 9.59 Å². The Hall–Kier alpha value is -2.66. The molecule has 1 aliphatic rings. The minimum absolute atomic E-state index is 0.0317. The first-order chi connectivity index (χ1) is 13.1. The molecule has 27 heavy (non-hydrogen) atoms. The zero-order chi connectivity index (χ0) is 19.1. The van der Waals surface area contributed by atoms with Gasteiger partial charge in [-0.1, -0.05) is 60.7 Å². The van der Waals surface area contributed by atoms with Crippen molar-refractivity contribution in [2.24, 2.45) is 5.73 Å². The average molecular weight is 365 g/mol. The maximum atomic E-state index is 12.7. The highest BCUT2D eigenvalue weighted by Gasteiger charge is 2.34. The summed E-state index contributed by atoms with van der Waals surface area (Å²) in [5.74, 6) is -0.114. The molecule has 3 N–H and O–H groups in total. The largest absolute Gasteiger partial charge is 0.350 e. The Labute approximate surface area is 160 Å². The van der Waals surface area contributed by atoms with Crippen LogP contribution in [0.2, 0.25) is 0 Å². The second kappa shape index (κ2) is 9.33. The summed E-state index contributed by atoms with van der Waals surface area (Å²) in [5.41, 5.74) is 8.35. The predicted octanol–water partition coefficient (Wildman–Crippen LogP) is 2.25. The highest BCUT2D eigenvalue weighted by atomic mass is 16.2. The van der Waals surface area contributed by atoms with E-state index in [0.717, 1.165) is 17.5 Å². The molecule has 1 fully saturated rings. The Morgan fingerprint density at radius 1 is 1.04 bits per heavy atom. The van der Waals surface area contributed by atoms with Crippen molar-refractivity contribution in [3.8, 4) is 0 Å². The molecule has 1 aliphatic heterocycles. The molecular weight excluding hydrogens is 338 g/mol. The molecule has 0 saturated carbocycles. The van der Waals surface area contributed by atoms with Crippen LogP contribution >= 0.6 is 0 Å². The van der Waals surface area contributed by atoms with Gasteiger partial charge in [0.2, 0.25) is 11.8 Å². The number of rotatable bonds is 7. The minimum Gasteiger partial charge on any atom is -0.350 e. The first kappa shape index (κ1) is 19.1. The van der Waals surface area contributed by atoms with Gasteiger partial charge in [0.15, 0.2) is 0 Å². The molecule has 5 nitrogen and oxygen atoms in total. The average Bonchev–Trinajstić information content (AvgIpc) is 3.18. The molecule has 0 aromatic heterocycles. The molecule has 5 heteroatoms. The number of carbonyl (C=O) groups excluding carboxylic acids is 2. The number of likely N-dealkylation sites (tertiary alicyclic amines) is 1. The summed E-state index contributed by atoms with van der Waals surface area (Å²) in [4.78, 5) is 27.0. The first-order valence-electron chi connectivity index (χ1n) is 9.54. The fraction of sp³-hybridized carbons (Fsp3) is 0.364. The standard InChI is InChI=1S/C22H27N3O2/c23-19(14-17-8-3-1-4-9-17)15-21(26)25-13-7-12-20(25)22(27)24-16-18-10-5-2-6-11-18/h1-6,8-11,19-20H,7,12-16,23H2,(H,24,27)/t19-,20+/m1/s1. The monoisotopic (exact) mass is 365 g/mol. The SMILES string of the molecule is N[C@@H](CC(=O)N1CCC[C@H]1C(=O)NCc1ccccc1)Cc1ccccc1. The van der Waals surface area contributed by atoms with Gasteiger partial charge in [0.25, 0.3) is 0 Å². The lowest BCUT2D eigenvalue weighted by atomic mass is 10.0. The van der Waals surface area contributed by atoms with Crippen LogP contribution < -0.4 is 11.1 Å². The van der Waals surface area contributed by atoms with Crippen molar-refractivity contribution < 1.29 is 9.59 Å². The van der Waals surface area contributed by atoms with E-state index < -0.39 is 0 Å². The summed E-state index contributed by atoms with van der Waals surface area (Å²) < 4.78 is 0. The predicted molar refractivity (Wildman–Crippen MR) is 106 cm³/mol. The van der Waals surface area contributed by atoms with Crippen molar-refractivity contribution >= 4 is 11.8 Å². The lowest BCUT2D eigenvalue weighted by molar-refractivity contribution is -0.138. The van der Waals surface area contributed by atoms with Gasteiger partial charge < -0.3 is 16.0 Å². The topological polar surface area (TPSA) is 75.4 Å². The van der Waals surface area contributed by atoms with Crippen LogP contribution in [-0.4, -0.2) is 35.3 Å². The van der Waals surface area contributed by atoms with Gasteiger partial charge in [-0.25, -0.2) is 0 Å². The number of nitrogens with one attached hydrogen (secondary N) is 1. The van der Waals surface area contributed by atoms with Crippen molar-refractivity contribution in [1.82, 2.24) is 10.2 Å². The zero-order valence-corrected chi connectivity index (χ0v) is 15.5. The molecule has 2 amide bonds. The Morgan fingerprint density at radius 2 is 1.67 bits per heavy atom. The number of carbonyl (C=O) groups is 2. The second-order valence-corrected chi connectivity index (χ2v) is 7.10. The zero-order valence-electron chi connectivity index (χ0n) is 15.5. The summed E-state index contributed by atoms with van der Waals surface area (Å²) in [7, 11) is 0. The van der Waals surface area contributed by atoms with E-state index in [-0.39, 0.29) is 30.3 Å². The van der Waals surface area contributed by atoms with E-state index in [1.54, 1.807) is 4.90 Å². The summed E-state index contributed by atoms with van der Waals surface area (Å²) in [6, 6.07) is 19.1. The summed E-state index contributed by atoms with van der Waals surface area (Å²) in [6.07, 6.45) is 2.48. The molecular formula is C22H27N3O2. The van der Waals surface area contributed by atoms with Crippen LogP contribution in [0.5, 0.6) is 0 Å². The number of hydrogen-bond acceptors (Lipinski definition) is 3. The summed E-state index contributed by atoms with van der Waals surface area (Å²) in [5, 5.41) is 2.95. The van der Waals surface area contributed by atoms with Gasteiger partial charge in [0.05, 0.1) is 0 Å². The van der Waals surface area contributed by atoms with Gasteiger partial charge in [-0.15, -0.1) is 0 Å². The van der Waals surface area contributed by atoms with Crippen LogP contribution in [0, 0.1) is 0 Å². The van der Waals surface area contributed by atoms with E-state index in [1.165, 1.54) is 0 Å². The van der Waals surface area contributed by atoms with Crippen LogP contribution in [0.25, 0.3) is 0 Å². The van der Waals surface area contributed by atoms with Crippen LogP contribution in [0.3, 0.4) is 0 Å². The molecule has 142 valence electrons. The van der Waals surface area contributed by atoms with E-state index in [9.17, 15) is 9.59 Å². The maximum absolute atomic E-state index is 12.7. The third-order valence-corrected chi connectivity index (χ3v) is 4.96. The molecule has 1 saturated heterocycles. The Morgan fingerprint density at radius 3 is 2.33 bits per heavy atom. The van der Waals surface area contributed by atoms with E-state index in [0.29, 0.717) is 25.9 Å². The fourth-order valence-corrected chi connectivity index (χ4v) is 3.57. The molecule has 0 spiro atoms. The third kappa shape index (κ3) is 5.41. The fourth-order valence-electron chi connectivity index (χ4n) is 3.57. The number of hydrogen-bond donors (Lipinski definition) is 2. The Bertz CT molecular complexity index is 749. The molecule has 0 unspecified atom stereocenters. The molecule has 0 radical (unpaired) electrons. The van der Waals surface area contributed by atoms with Crippen molar-refractivity contribution in [3.63, 3.8) is 0 Å². The van der Waals surface area contributed by atoms with E-state index in [1.807, 2.05) is 60.7 Å². The maximum Gasteiger partial charge on any atom is 0.243 e. The van der Waals surface area contributed by atoms with Crippen molar-refractivity contribution in [2.75, 3.05) is 6.54 Å². The summed E-state index contributed by atoms with van der Waals surface area (Å²) in [6.45, 7) is 1.10. The number of nitrogens with two attached hydrogens (primary N) is 1. The smallest absolute Gasteiger partial charge is 0.243 e. The van der Waals surface area contributed by atoms with Gasteiger partial charge in [0.1, 0.15) is 6.04 Å². The number of benzene rings is 2. The van der Waals surface area contributed by atoms with Crippen molar-refractivity contribution in [2.45, 2.75) is 44.3 Å². The molecule has 0 bridgehead atoms. The van der Waals surface area contributed by atoms with Gasteiger partial charge in [0, 0.05) is 25.6 Å². The van der Waals surface area contributed by atoms with Crippen LogP contribution in [0.1, 0.15) is 30.4 Å². The highest BCUT2D eigenvalue weighted by molar-refractivity contribution is 5.88. The molecule has 3 rings (SSSR count). The molecule has 1 heterocycles. The van der Waals surface area contributed by atoms with E-state index in [2.05, 4.69) is 5.32 Å². The number of amides is 2. The number of nitrogens with zero attached hydrogens (tertiary/aromatic N) is 1. The Balaban J connectivity index is 1.51. The first-order valence-corrected chi connectivity index (χ1v) is 9.54. The molecule has 2 aromatic carbocycles. The van der Waals surface area contributed by atoms with E-state index in [4.69, 9.17) is 5.73 Å². The van der Waals surface area contributed by atoms with Gasteiger partial charge in [-0.2, -0.15) is 0 Å². The lowest BCUT2D eigenvalue weighted by Crippen LogP contribution is -2.47. The quantitative estimate of drug-likeness (QED) is 0.790.